The molecule has 3 aromatic rings. The minimum atomic E-state index is -3.97. The van der Waals surface area contributed by atoms with Crippen molar-refractivity contribution in [1.29, 1.82) is 0 Å². The number of hydrogen-bond donors (Lipinski definition) is 1. The number of nitrogens with one attached hydrogen (secondary N) is 1. The first-order valence-corrected chi connectivity index (χ1v) is 16.4. The maximum Gasteiger partial charge on any atom is 0.407 e. The van der Waals surface area contributed by atoms with Gasteiger partial charge in [0.2, 0.25) is 0 Å². The third-order valence-corrected chi connectivity index (χ3v) is 8.58. The number of amides is 1. The molecule has 42 heavy (non-hydrogen) atoms. The summed E-state index contributed by atoms with van der Waals surface area (Å²) in [4.78, 5) is 13.0. The summed E-state index contributed by atoms with van der Waals surface area (Å²) in [7, 11) is -2.35. The van der Waals surface area contributed by atoms with Crippen molar-refractivity contribution in [3.63, 3.8) is 0 Å². The number of aryl methyl sites for hydroxylation is 1. The molecule has 0 unspecified atom stereocenters. The first-order chi connectivity index (χ1) is 20.0. The Bertz CT molecular complexity index is 1360. The normalized spacial score (nSPS) is 13.4. The fourth-order valence-electron chi connectivity index (χ4n) is 3.89. The van der Waals surface area contributed by atoms with Crippen LogP contribution in [0.2, 0.25) is 0 Å². The molecule has 2 atom stereocenters. The van der Waals surface area contributed by atoms with Crippen LogP contribution >= 0.6 is 11.8 Å². The summed E-state index contributed by atoms with van der Waals surface area (Å²) in [6.07, 6.45) is 2.30. The molecular weight excluding hydrogens is 570 g/mol. The number of carbonyl (C=O) groups is 1. The number of carbonyl (C=O) groups excluding carboxylic acids is 1. The molecule has 0 aliphatic rings. The first-order valence-electron chi connectivity index (χ1n) is 13.9. The van der Waals surface area contributed by atoms with Crippen molar-refractivity contribution in [3.8, 4) is 5.75 Å². The van der Waals surface area contributed by atoms with Gasteiger partial charge < -0.3 is 14.8 Å². The zero-order chi connectivity index (χ0) is 30.4. The van der Waals surface area contributed by atoms with Crippen molar-refractivity contribution >= 4 is 28.0 Å². The predicted octanol–water partition coefficient (Wildman–Crippen LogP) is 7.13. The quantitative estimate of drug-likeness (QED) is 0.183. The molecule has 7 nitrogen and oxygen atoms in total. The Labute approximate surface area is 254 Å². The van der Waals surface area contributed by atoms with Crippen LogP contribution in [0.4, 0.5) is 4.79 Å². The number of alkyl carbamates (subject to hydrolysis) is 1. The lowest BCUT2D eigenvalue weighted by molar-refractivity contribution is 0.137. The SMILES string of the molecule is COc1ccc(CS[C@@H](CCc2ccccc2)[C@H](C=CS(=O)(=O)OCC(C)(C)C)NC(=O)OCc2ccccc2)cc1. The van der Waals surface area contributed by atoms with Crippen LogP contribution in [0.15, 0.2) is 96.4 Å². The molecule has 1 N–H and O–H groups in total. The molecule has 3 rings (SSSR count). The molecule has 0 saturated carbocycles. The van der Waals surface area contributed by atoms with E-state index in [9.17, 15) is 13.2 Å². The van der Waals surface area contributed by atoms with Crippen LogP contribution < -0.4 is 10.1 Å². The summed E-state index contributed by atoms with van der Waals surface area (Å²) in [6, 6.07) is 26.6. The summed E-state index contributed by atoms with van der Waals surface area (Å²) >= 11 is 1.64. The highest BCUT2D eigenvalue weighted by Crippen LogP contribution is 2.27. The summed E-state index contributed by atoms with van der Waals surface area (Å²) in [5, 5.41) is 3.78. The molecule has 0 aliphatic carbocycles. The van der Waals surface area contributed by atoms with Crippen LogP contribution in [0.5, 0.6) is 5.75 Å². The van der Waals surface area contributed by atoms with E-state index >= 15 is 0 Å². The van der Waals surface area contributed by atoms with Gasteiger partial charge in [0.05, 0.1) is 25.2 Å². The number of thioether (sulfide) groups is 1. The maximum atomic E-state index is 13.0. The van der Waals surface area contributed by atoms with Gasteiger partial charge in [-0.15, -0.1) is 0 Å². The topological polar surface area (TPSA) is 90.9 Å². The van der Waals surface area contributed by atoms with Gasteiger partial charge in [-0.05, 0) is 53.2 Å². The van der Waals surface area contributed by atoms with Gasteiger partial charge in [-0.2, -0.15) is 20.2 Å². The van der Waals surface area contributed by atoms with Crippen molar-refractivity contribution in [3.05, 3.63) is 113 Å². The third kappa shape index (κ3) is 12.7. The van der Waals surface area contributed by atoms with E-state index < -0.39 is 22.3 Å². The van der Waals surface area contributed by atoms with E-state index in [2.05, 4.69) is 17.4 Å². The van der Waals surface area contributed by atoms with Crippen molar-refractivity contribution in [2.45, 2.75) is 57.3 Å². The van der Waals surface area contributed by atoms with Crippen LogP contribution in [-0.2, 0) is 37.8 Å². The molecule has 0 saturated heterocycles. The zero-order valence-electron chi connectivity index (χ0n) is 24.7. The maximum absolute atomic E-state index is 13.0. The standard InChI is InChI=1S/C33H41NO6S2/c1-33(2,3)25-40-42(36,37)22-21-30(34-32(35)39-23-27-13-9-6-10-14-27)31(20-17-26-11-7-5-8-12-26)41-24-28-15-18-29(38-4)19-16-28/h5-16,18-19,21-22,30-31H,17,20,23-25H2,1-4H3,(H,34,35)/t30-,31-/m0/s1. The lowest BCUT2D eigenvalue weighted by Gasteiger charge is -2.26. The zero-order valence-corrected chi connectivity index (χ0v) is 26.3. The van der Waals surface area contributed by atoms with Crippen molar-refractivity contribution in [2.75, 3.05) is 13.7 Å². The van der Waals surface area contributed by atoms with E-state index in [0.29, 0.717) is 12.2 Å². The van der Waals surface area contributed by atoms with Crippen LogP contribution in [0.1, 0.15) is 43.9 Å². The van der Waals surface area contributed by atoms with Gasteiger partial charge in [0.1, 0.15) is 12.4 Å². The Morgan fingerprint density at radius 1 is 0.905 bits per heavy atom. The second-order valence-corrected chi connectivity index (χ2v) is 13.8. The number of rotatable bonds is 15. The van der Waals surface area contributed by atoms with E-state index in [1.807, 2.05) is 93.6 Å². The molecular formula is C33H41NO6S2. The van der Waals surface area contributed by atoms with Gasteiger partial charge in [-0.3, -0.25) is 4.18 Å². The van der Waals surface area contributed by atoms with Gasteiger partial charge in [0.25, 0.3) is 10.1 Å². The van der Waals surface area contributed by atoms with E-state index in [1.54, 1.807) is 18.9 Å². The minimum Gasteiger partial charge on any atom is -0.497 e. The van der Waals surface area contributed by atoms with Crippen molar-refractivity contribution in [1.82, 2.24) is 5.32 Å². The van der Waals surface area contributed by atoms with Gasteiger partial charge in [0.15, 0.2) is 0 Å². The fourth-order valence-corrected chi connectivity index (χ4v) is 6.10. The summed E-state index contributed by atoms with van der Waals surface area (Å²) in [6.45, 7) is 5.84. The highest BCUT2D eigenvalue weighted by atomic mass is 32.2. The predicted molar refractivity (Wildman–Crippen MR) is 170 cm³/mol. The first kappa shape index (κ1) is 33.2. The number of methoxy groups -OCH3 is 1. The molecule has 0 aliphatic heterocycles. The van der Waals surface area contributed by atoms with Crippen LogP contribution in [0.25, 0.3) is 0 Å². The van der Waals surface area contributed by atoms with Gasteiger partial charge in [-0.25, -0.2) is 4.79 Å². The smallest absolute Gasteiger partial charge is 0.407 e. The lowest BCUT2D eigenvalue weighted by Crippen LogP contribution is -2.41. The van der Waals surface area contributed by atoms with Gasteiger partial charge in [-0.1, -0.05) is 93.6 Å². The van der Waals surface area contributed by atoms with Crippen LogP contribution in [0.3, 0.4) is 0 Å². The average Bonchev–Trinajstić information content (AvgIpc) is 2.98. The second-order valence-electron chi connectivity index (χ2n) is 11.1. The van der Waals surface area contributed by atoms with Crippen molar-refractivity contribution in [2.24, 2.45) is 5.41 Å². The molecule has 9 heteroatoms. The molecule has 0 radical (unpaired) electrons. The Morgan fingerprint density at radius 3 is 2.12 bits per heavy atom. The van der Waals surface area contributed by atoms with Crippen molar-refractivity contribution < 1.29 is 26.9 Å². The van der Waals surface area contributed by atoms with Crippen LogP contribution in [-0.4, -0.2) is 39.5 Å². The minimum absolute atomic E-state index is 0.0422. The Balaban J connectivity index is 1.82. The van der Waals surface area contributed by atoms with E-state index in [-0.39, 0.29) is 23.9 Å². The van der Waals surface area contributed by atoms with Gasteiger partial charge in [0, 0.05) is 11.0 Å². The summed E-state index contributed by atoms with van der Waals surface area (Å²) in [5.41, 5.74) is 2.77. The number of benzene rings is 3. The summed E-state index contributed by atoms with van der Waals surface area (Å²) in [5.74, 6) is 1.43. The Hall–Kier alpha value is -3.27. The Morgan fingerprint density at radius 2 is 1.52 bits per heavy atom. The molecule has 0 aromatic heterocycles. The monoisotopic (exact) mass is 611 g/mol. The molecule has 226 valence electrons. The Kier molecular flexibility index (Phi) is 13.0. The fraction of sp³-hybridized carbons (Fsp3) is 0.364. The second kappa shape index (κ2) is 16.4. The van der Waals surface area contributed by atoms with E-state index in [0.717, 1.165) is 34.3 Å². The summed E-state index contributed by atoms with van der Waals surface area (Å²) < 4.78 is 41.5. The lowest BCUT2D eigenvalue weighted by atomic mass is 9.99. The third-order valence-electron chi connectivity index (χ3n) is 6.19. The number of ether oxygens (including phenoxy) is 2. The van der Waals surface area contributed by atoms with Gasteiger partial charge >= 0.3 is 6.09 Å². The van der Waals surface area contributed by atoms with E-state index in [1.165, 1.54) is 6.08 Å². The molecule has 3 aromatic carbocycles. The molecule has 0 fully saturated rings. The number of hydrogen-bond acceptors (Lipinski definition) is 7. The highest BCUT2D eigenvalue weighted by Gasteiger charge is 2.24. The molecule has 0 heterocycles. The molecule has 0 spiro atoms. The van der Waals surface area contributed by atoms with Crippen LogP contribution in [0, 0.1) is 5.41 Å². The molecule has 1 amide bonds. The average molecular weight is 612 g/mol. The highest BCUT2D eigenvalue weighted by molar-refractivity contribution is 7.99. The largest absolute Gasteiger partial charge is 0.497 e. The molecule has 0 bridgehead atoms. The van der Waals surface area contributed by atoms with E-state index in [4.69, 9.17) is 13.7 Å².